The molecule has 0 unspecified atom stereocenters. The summed E-state index contributed by atoms with van der Waals surface area (Å²) in [7, 11) is 0. The van der Waals surface area contributed by atoms with Crippen LogP contribution in [0, 0.1) is 0 Å². The Morgan fingerprint density at radius 1 is 0.800 bits per heavy atom. The standard InChI is InChI=1S/C23H21NO/c1-22(2)17-9-7-13-24-20(17)16-12-11-15-14-8-5-6-10-18(14)25-21(15)19(16)23(22,3)4/h5-13H,1-4H3. The fourth-order valence-electron chi connectivity index (χ4n) is 4.38. The molecule has 0 saturated heterocycles. The van der Waals surface area contributed by atoms with Gasteiger partial charge >= 0.3 is 0 Å². The average Bonchev–Trinajstić information content (AvgIpc) is 2.98. The quantitative estimate of drug-likeness (QED) is 0.383. The molecular formula is C23H21NO. The smallest absolute Gasteiger partial charge is 0.139 e. The third-order valence-electron chi connectivity index (χ3n) is 6.47. The molecule has 0 atom stereocenters. The Morgan fingerprint density at radius 3 is 2.44 bits per heavy atom. The number of benzene rings is 2. The summed E-state index contributed by atoms with van der Waals surface area (Å²) in [5.74, 6) is 0. The summed E-state index contributed by atoms with van der Waals surface area (Å²) in [4.78, 5) is 4.74. The van der Waals surface area contributed by atoms with Gasteiger partial charge in [0.05, 0.1) is 5.69 Å². The van der Waals surface area contributed by atoms with Gasteiger partial charge in [-0.3, -0.25) is 4.98 Å². The second-order valence-corrected chi connectivity index (χ2v) is 8.11. The van der Waals surface area contributed by atoms with Crippen molar-refractivity contribution in [3.05, 3.63) is 65.9 Å². The normalized spacial score (nSPS) is 17.4. The molecule has 0 saturated carbocycles. The van der Waals surface area contributed by atoms with Crippen LogP contribution in [-0.2, 0) is 10.8 Å². The third-order valence-corrected chi connectivity index (χ3v) is 6.47. The highest BCUT2D eigenvalue weighted by molar-refractivity contribution is 6.08. The minimum Gasteiger partial charge on any atom is -0.456 e. The Morgan fingerprint density at radius 2 is 1.60 bits per heavy atom. The molecule has 25 heavy (non-hydrogen) atoms. The number of hydrogen-bond donors (Lipinski definition) is 0. The first kappa shape index (κ1) is 14.7. The zero-order valence-corrected chi connectivity index (χ0v) is 15.1. The van der Waals surface area contributed by atoms with E-state index >= 15 is 0 Å². The van der Waals surface area contributed by atoms with Gasteiger partial charge in [0.25, 0.3) is 0 Å². The predicted octanol–water partition coefficient (Wildman–Crippen LogP) is 6.22. The molecule has 0 aliphatic heterocycles. The zero-order chi connectivity index (χ0) is 17.4. The molecule has 5 rings (SSSR count). The van der Waals surface area contributed by atoms with Gasteiger partial charge in [-0.2, -0.15) is 0 Å². The summed E-state index contributed by atoms with van der Waals surface area (Å²) in [5.41, 5.74) is 6.71. The number of pyridine rings is 1. The minimum atomic E-state index is -0.0776. The lowest BCUT2D eigenvalue weighted by Crippen LogP contribution is -2.43. The highest BCUT2D eigenvalue weighted by Gasteiger charge is 2.48. The van der Waals surface area contributed by atoms with Crippen molar-refractivity contribution in [1.82, 2.24) is 4.98 Å². The van der Waals surface area contributed by atoms with Crippen LogP contribution in [0.4, 0.5) is 0 Å². The van der Waals surface area contributed by atoms with Crippen LogP contribution in [0.1, 0.15) is 38.8 Å². The van der Waals surface area contributed by atoms with Crippen LogP contribution >= 0.6 is 0 Å². The number of nitrogens with zero attached hydrogens (tertiary/aromatic N) is 1. The molecule has 2 heterocycles. The molecule has 0 N–H and O–H groups in total. The van der Waals surface area contributed by atoms with Crippen molar-refractivity contribution in [2.24, 2.45) is 0 Å². The molecular weight excluding hydrogens is 306 g/mol. The van der Waals surface area contributed by atoms with E-state index in [0.717, 1.165) is 16.9 Å². The van der Waals surface area contributed by atoms with E-state index in [4.69, 9.17) is 9.40 Å². The predicted molar refractivity (Wildman–Crippen MR) is 103 cm³/mol. The van der Waals surface area contributed by atoms with Crippen molar-refractivity contribution in [2.75, 3.05) is 0 Å². The van der Waals surface area contributed by atoms with Crippen LogP contribution in [0.5, 0.6) is 0 Å². The second kappa shape index (κ2) is 4.51. The molecule has 1 aliphatic carbocycles. The van der Waals surface area contributed by atoms with Crippen molar-refractivity contribution in [1.29, 1.82) is 0 Å². The van der Waals surface area contributed by atoms with E-state index in [0.29, 0.717) is 0 Å². The topological polar surface area (TPSA) is 26.0 Å². The van der Waals surface area contributed by atoms with Gasteiger partial charge in [0.1, 0.15) is 11.2 Å². The highest BCUT2D eigenvalue weighted by atomic mass is 16.3. The molecule has 0 fully saturated rings. The van der Waals surface area contributed by atoms with Crippen molar-refractivity contribution in [3.8, 4) is 11.3 Å². The maximum absolute atomic E-state index is 6.37. The van der Waals surface area contributed by atoms with E-state index in [1.165, 1.54) is 27.5 Å². The van der Waals surface area contributed by atoms with E-state index < -0.39 is 0 Å². The van der Waals surface area contributed by atoms with Gasteiger partial charge in [-0.15, -0.1) is 0 Å². The van der Waals surface area contributed by atoms with Gasteiger partial charge in [-0.25, -0.2) is 0 Å². The number of aromatic nitrogens is 1. The first-order valence-electron chi connectivity index (χ1n) is 8.83. The summed E-state index contributed by atoms with van der Waals surface area (Å²) in [5, 5.41) is 2.37. The van der Waals surface area contributed by atoms with Crippen LogP contribution < -0.4 is 0 Å². The molecule has 0 amide bonds. The molecule has 0 spiro atoms. The molecule has 4 aromatic rings. The molecule has 2 heteroatoms. The lowest BCUT2D eigenvalue weighted by molar-refractivity contribution is 0.298. The summed E-state index contributed by atoms with van der Waals surface area (Å²) in [6.45, 7) is 9.29. The number of hydrogen-bond acceptors (Lipinski definition) is 2. The van der Waals surface area contributed by atoms with E-state index in [2.05, 4.69) is 64.1 Å². The van der Waals surface area contributed by atoms with Gasteiger partial charge in [-0.05, 0) is 23.8 Å². The maximum atomic E-state index is 6.37. The van der Waals surface area contributed by atoms with Crippen molar-refractivity contribution >= 4 is 21.9 Å². The zero-order valence-electron chi connectivity index (χ0n) is 15.1. The first-order valence-corrected chi connectivity index (χ1v) is 8.83. The van der Waals surface area contributed by atoms with Gasteiger partial charge in [0, 0.05) is 38.9 Å². The molecule has 2 aromatic carbocycles. The first-order chi connectivity index (χ1) is 11.9. The third kappa shape index (κ3) is 1.67. The average molecular weight is 327 g/mol. The van der Waals surface area contributed by atoms with Crippen LogP contribution in [0.2, 0.25) is 0 Å². The molecule has 2 nitrogen and oxygen atoms in total. The van der Waals surface area contributed by atoms with E-state index in [1.807, 2.05) is 18.3 Å². The highest BCUT2D eigenvalue weighted by Crippen LogP contribution is 2.55. The molecule has 2 aromatic heterocycles. The monoisotopic (exact) mass is 327 g/mol. The Labute approximate surface area is 147 Å². The lowest BCUT2D eigenvalue weighted by atomic mass is 9.56. The van der Waals surface area contributed by atoms with Crippen LogP contribution in [0.3, 0.4) is 0 Å². The number of furan rings is 1. The molecule has 124 valence electrons. The number of para-hydroxylation sites is 1. The Hall–Kier alpha value is -2.61. The largest absolute Gasteiger partial charge is 0.456 e. The van der Waals surface area contributed by atoms with Gasteiger partial charge in [0.15, 0.2) is 0 Å². The summed E-state index contributed by atoms with van der Waals surface area (Å²) < 4.78 is 6.37. The summed E-state index contributed by atoms with van der Waals surface area (Å²) >= 11 is 0. The van der Waals surface area contributed by atoms with Crippen molar-refractivity contribution in [2.45, 2.75) is 38.5 Å². The molecule has 1 aliphatic rings. The van der Waals surface area contributed by atoms with Crippen molar-refractivity contribution < 1.29 is 4.42 Å². The van der Waals surface area contributed by atoms with E-state index in [-0.39, 0.29) is 10.8 Å². The molecule has 0 radical (unpaired) electrons. The second-order valence-electron chi connectivity index (χ2n) is 8.11. The summed E-state index contributed by atoms with van der Waals surface area (Å²) in [6, 6.07) is 17.0. The van der Waals surface area contributed by atoms with E-state index in [1.54, 1.807) is 0 Å². The maximum Gasteiger partial charge on any atom is 0.139 e. The minimum absolute atomic E-state index is 0.0448. The van der Waals surface area contributed by atoms with Crippen LogP contribution in [-0.4, -0.2) is 4.98 Å². The van der Waals surface area contributed by atoms with Gasteiger partial charge in [-0.1, -0.05) is 58.0 Å². The Balaban J connectivity index is 2.00. The fourth-order valence-corrected chi connectivity index (χ4v) is 4.38. The number of rotatable bonds is 0. The number of fused-ring (bicyclic) bond motifs is 7. The lowest BCUT2D eigenvalue weighted by Gasteiger charge is -2.47. The summed E-state index contributed by atoms with van der Waals surface area (Å²) in [6.07, 6.45) is 1.89. The Bertz CT molecular complexity index is 1150. The van der Waals surface area contributed by atoms with E-state index in [9.17, 15) is 0 Å². The van der Waals surface area contributed by atoms with Gasteiger partial charge in [0.2, 0.25) is 0 Å². The Kier molecular flexibility index (Phi) is 2.66. The SMILES string of the molecule is CC1(C)c2cccnc2-c2ccc3c(oc4ccccc43)c2C1(C)C. The molecule has 0 bridgehead atoms. The van der Waals surface area contributed by atoms with Gasteiger partial charge < -0.3 is 4.42 Å². The van der Waals surface area contributed by atoms with Crippen LogP contribution in [0.25, 0.3) is 33.2 Å². The fraction of sp³-hybridized carbons (Fsp3) is 0.261. The van der Waals surface area contributed by atoms with Crippen LogP contribution in [0.15, 0.2) is 59.1 Å². The van der Waals surface area contributed by atoms with Crippen molar-refractivity contribution in [3.63, 3.8) is 0 Å².